The molecule has 0 aliphatic heterocycles. The summed E-state index contributed by atoms with van der Waals surface area (Å²) in [6, 6.07) is 15.2. The van der Waals surface area contributed by atoms with Crippen LogP contribution in [-0.4, -0.2) is 19.1 Å². The molecule has 0 radical (unpaired) electrons. The standard InChI is InChI=1S/C17H20N2O2/c1-13-6-5-7-14(10-11-18)17(13)21-12-16(20)19-15-8-3-2-4-9-15/h2-9H,10-12,18H2,1H3,(H,19,20). The fourth-order valence-corrected chi connectivity index (χ4v) is 2.13. The molecule has 0 fully saturated rings. The molecule has 110 valence electrons. The second-order valence-electron chi connectivity index (χ2n) is 4.80. The number of amides is 1. The van der Waals surface area contributed by atoms with Crippen molar-refractivity contribution < 1.29 is 9.53 Å². The van der Waals surface area contributed by atoms with Crippen molar-refractivity contribution in [1.82, 2.24) is 0 Å². The molecular formula is C17H20N2O2. The lowest BCUT2D eigenvalue weighted by Crippen LogP contribution is -2.21. The van der Waals surface area contributed by atoms with E-state index in [9.17, 15) is 4.79 Å². The smallest absolute Gasteiger partial charge is 0.262 e. The number of nitrogens with one attached hydrogen (secondary N) is 1. The first-order valence-corrected chi connectivity index (χ1v) is 6.97. The third-order valence-electron chi connectivity index (χ3n) is 3.11. The molecule has 3 N–H and O–H groups in total. The second-order valence-corrected chi connectivity index (χ2v) is 4.80. The summed E-state index contributed by atoms with van der Waals surface area (Å²) >= 11 is 0. The molecule has 0 saturated carbocycles. The first kappa shape index (κ1) is 15.1. The molecule has 0 aliphatic rings. The molecule has 2 rings (SSSR count). The number of ether oxygens (including phenoxy) is 1. The van der Waals surface area contributed by atoms with Gasteiger partial charge >= 0.3 is 0 Å². The normalized spacial score (nSPS) is 10.2. The van der Waals surface area contributed by atoms with Gasteiger partial charge in [-0.2, -0.15) is 0 Å². The average Bonchev–Trinajstić information content (AvgIpc) is 2.48. The van der Waals surface area contributed by atoms with E-state index in [1.165, 1.54) is 0 Å². The van der Waals surface area contributed by atoms with Crippen molar-refractivity contribution in [1.29, 1.82) is 0 Å². The summed E-state index contributed by atoms with van der Waals surface area (Å²) in [6.07, 6.45) is 0.733. The van der Waals surface area contributed by atoms with Gasteiger partial charge in [-0.05, 0) is 43.1 Å². The van der Waals surface area contributed by atoms with Crippen LogP contribution in [0.4, 0.5) is 5.69 Å². The quantitative estimate of drug-likeness (QED) is 0.856. The first-order valence-electron chi connectivity index (χ1n) is 6.97. The Morgan fingerprint density at radius 1 is 1.14 bits per heavy atom. The molecule has 0 saturated heterocycles. The molecule has 4 nitrogen and oxygen atoms in total. The SMILES string of the molecule is Cc1cccc(CCN)c1OCC(=O)Nc1ccccc1. The van der Waals surface area contributed by atoms with Gasteiger partial charge < -0.3 is 15.8 Å². The number of carbonyl (C=O) groups excluding carboxylic acids is 1. The first-order chi connectivity index (χ1) is 10.2. The van der Waals surface area contributed by atoms with E-state index in [0.717, 1.165) is 29.0 Å². The summed E-state index contributed by atoms with van der Waals surface area (Å²) in [5, 5.41) is 2.79. The zero-order valence-electron chi connectivity index (χ0n) is 12.1. The van der Waals surface area contributed by atoms with Crippen molar-refractivity contribution in [3.63, 3.8) is 0 Å². The molecule has 0 aliphatic carbocycles. The minimum absolute atomic E-state index is 0.0165. The Kier molecular flexibility index (Phi) is 5.35. The fourth-order valence-electron chi connectivity index (χ4n) is 2.13. The lowest BCUT2D eigenvalue weighted by atomic mass is 10.1. The summed E-state index contributed by atoms with van der Waals surface area (Å²) in [6.45, 7) is 2.50. The molecule has 2 aromatic carbocycles. The Morgan fingerprint density at radius 3 is 2.62 bits per heavy atom. The molecule has 0 spiro atoms. The molecule has 0 unspecified atom stereocenters. The maximum Gasteiger partial charge on any atom is 0.262 e. The van der Waals surface area contributed by atoms with E-state index < -0.39 is 0 Å². The van der Waals surface area contributed by atoms with E-state index >= 15 is 0 Å². The fraction of sp³-hybridized carbons (Fsp3) is 0.235. The average molecular weight is 284 g/mol. The Hall–Kier alpha value is -2.33. The van der Waals surface area contributed by atoms with Gasteiger partial charge in [0.1, 0.15) is 5.75 Å². The molecule has 0 atom stereocenters. The van der Waals surface area contributed by atoms with E-state index in [1.54, 1.807) is 0 Å². The highest BCUT2D eigenvalue weighted by Crippen LogP contribution is 2.23. The zero-order chi connectivity index (χ0) is 15.1. The number of hydrogen-bond donors (Lipinski definition) is 2. The number of hydrogen-bond acceptors (Lipinski definition) is 3. The van der Waals surface area contributed by atoms with Crippen molar-refractivity contribution in [2.24, 2.45) is 5.73 Å². The van der Waals surface area contributed by atoms with Gasteiger partial charge in [0.25, 0.3) is 5.91 Å². The largest absolute Gasteiger partial charge is 0.483 e. The van der Waals surface area contributed by atoms with Crippen LogP contribution in [0.5, 0.6) is 5.75 Å². The predicted molar refractivity (Wildman–Crippen MR) is 84.5 cm³/mol. The van der Waals surface area contributed by atoms with Crippen molar-refractivity contribution >= 4 is 11.6 Å². The van der Waals surface area contributed by atoms with Crippen LogP contribution >= 0.6 is 0 Å². The third-order valence-corrected chi connectivity index (χ3v) is 3.11. The van der Waals surface area contributed by atoms with Crippen molar-refractivity contribution in [3.8, 4) is 5.75 Å². The van der Waals surface area contributed by atoms with Crippen LogP contribution in [0, 0.1) is 6.92 Å². The van der Waals surface area contributed by atoms with E-state index in [-0.39, 0.29) is 12.5 Å². The number of para-hydroxylation sites is 2. The van der Waals surface area contributed by atoms with E-state index in [1.807, 2.05) is 55.5 Å². The van der Waals surface area contributed by atoms with Gasteiger partial charge in [0.2, 0.25) is 0 Å². The maximum atomic E-state index is 11.9. The van der Waals surface area contributed by atoms with Gasteiger partial charge in [-0.15, -0.1) is 0 Å². The van der Waals surface area contributed by atoms with Gasteiger partial charge in [0, 0.05) is 5.69 Å². The van der Waals surface area contributed by atoms with Gasteiger partial charge in [-0.1, -0.05) is 36.4 Å². The van der Waals surface area contributed by atoms with Gasteiger partial charge in [0.05, 0.1) is 0 Å². The van der Waals surface area contributed by atoms with Crippen LogP contribution in [0.3, 0.4) is 0 Å². The summed E-state index contributed by atoms with van der Waals surface area (Å²) < 4.78 is 5.69. The Balaban J connectivity index is 1.98. The van der Waals surface area contributed by atoms with Crippen molar-refractivity contribution in [3.05, 3.63) is 59.7 Å². The van der Waals surface area contributed by atoms with Crippen LogP contribution < -0.4 is 15.8 Å². The highest BCUT2D eigenvalue weighted by molar-refractivity contribution is 5.91. The Morgan fingerprint density at radius 2 is 1.90 bits per heavy atom. The number of benzene rings is 2. The Bertz CT molecular complexity index is 597. The molecule has 0 bridgehead atoms. The van der Waals surface area contributed by atoms with Gasteiger partial charge in [-0.3, -0.25) is 4.79 Å². The zero-order valence-corrected chi connectivity index (χ0v) is 12.1. The number of anilines is 1. The molecule has 0 aromatic heterocycles. The number of nitrogens with two attached hydrogens (primary N) is 1. The number of aryl methyl sites for hydroxylation is 1. The number of carbonyl (C=O) groups is 1. The minimum atomic E-state index is -0.178. The highest BCUT2D eigenvalue weighted by Gasteiger charge is 2.09. The second kappa shape index (κ2) is 7.45. The highest BCUT2D eigenvalue weighted by atomic mass is 16.5. The van der Waals surface area contributed by atoms with Crippen LogP contribution in [0.2, 0.25) is 0 Å². The summed E-state index contributed by atoms with van der Waals surface area (Å²) in [5.74, 6) is 0.578. The van der Waals surface area contributed by atoms with E-state index in [4.69, 9.17) is 10.5 Å². The van der Waals surface area contributed by atoms with Gasteiger partial charge in [-0.25, -0.2) is 0 Å². The van der Waals surface area contributed by atoms with Crippen LogP contribution in [0.15, 0.2) is 48.5 Å². The minimum Gasteiger partial charge on any atom is -0.483 e. The molecule has 1 amide bonds. The van der Waals surface area contributed by atoms with E-state index in [0.29, 0.717) is 6.54 Å². The molecule has 21 heavy (non-hydrogen) atoms. The van der Waals surface area contributed by atoms with Crippen LogP contribution in [0.1, 0.15) is 11.1 Å². The number of rotatable bonds is 6. The van der Waals surface area contributed by atoms with Crippen molar-refractivity contribution in [2.45, 2.75) is 13.3 Å². The van der Waals surface area contributed by atoms with Crippen LogP contribution in [0.25, 0.3) is 0 Å². The predicted octanol–water partition coefficient (Wildman–Crippen LogP) is 2.51. The Labute approximate surface area is 124 Å². The molecule has 4 heteroatoms. The monoisotopic (exact) mass is 284 g/mol. The summed E-state index contributed by atoms with van der Waals surface area (Å²) in [5.41, 5.74) is 8.41. The van der Waals surface area contributed by atoms with Crippen LogP contribution in [-0.2, 0) is 11.2 Å². The van der Waals surface area contributed by atoms with Crippen molar-refractivity contribution in [2.75, 3.05) is 18.5 Å². The molecule has 2 aromatic rings. The topological polar surface area (TPSA) is 64.3 Å². The lowest BCUT2D eigenvalue weighted by Gasteiger charge is -2.13. The molecule has 0 heterocycles. The summed E-state index contributed by atoms with van der Waals surface area (Å²) in [4.78, 5) is 11.9. The maximum absolute atomic E-state index is 11.9. The lowest BCUT2D eigenvalue weighted by molar-refractivity contribution is -0.118. The van der Waals surface area contributed by atoms with Gasteiger partial charge in [0.15, 0.2) is 6.61 Å². The van der Waals surface area contributed by atoms with E-state index in [2.05, 4.69) is 5.32 Å². The molecular weight excluding hydrogens is 264 g/mol. The third kappa shape index (κ3) is 4.33. The summed E-state index contributed by atoms with van der Waals surface area (Å²) in [7, 11) is 0.